The summed E-state index contributed by atoms with van der Waals surface area (Å²) in [7, 11) is 3.30. The van der Waals surface area contributed by atoms with Crippen LogP contribution in [-0.2, 0) is 4.79 Å². The summed E-state index contributed by atoms with van der Waals surface area (Å²) in [4.78, 5) is 21.5. The van der Waals surface area contributed by atoms with Crippen LogP contribution in [0.2, 0.25) is 0 Å². The van der Waals surface area contributed by atoms with Gasteiger partial charge in [-0.1, -0.05) is 0 Å². The molecule has 6 heteroatoms. The van der Waals surface area contributed by atoms with Crippen LogP contribution in [0.3, 0.4) is 0 Å². The fourth-order valence-corrected chi connectivity index (χ4v) is 4.35. The van der Waals surface area contributed by atoms with Crippen molar-refractivity contribution in [1.29, 1.82) is 0 Å². The molecular weight excluding hydrogens is 342 g/mol. The molecule has 2 aromatic rings. The van der Waals surface area contributed by atoms with Crippen molar-refractivity contribution in [2.45, 2.75) is 38.1 Å². The number of rotatable bonds is 4. The lowest BCUT2D eigenvalue weighted by atomic mass is 9.99. The van der Waals surface area contributed by atoms with Gasteiger partial charge >= 0.3 is 0 Å². The van der Waals surface area contributed by atoms with Crippen molar-refractivity contribution >= 4 is 22.5 Å². The first-order chi connectivity index (χ1) is 13.2. The Morgan fingerprint density at radius 1 is 1.07 bits per heavy atom. The summed E-state index contributed by atoms with van der Waals surface area (Å²) < 4.78 is 10.9. The SMILES string of the molecule is COc1cc2ccnc(N3CCC[C@@H](N4CCCCC4=O)C3)c2cc1OC. The molecule has 2 saturated heterocycles. The number of fused-ring (bicyclic) bond motifs is 1. The molecule has 1 aromatic carbocycles. The summed E-state index contributed by atoms with van der Waals surface area (Å²) in [5.74, 6) is 2.70. The smallest absolute Gasteiger partial charge is 0.222 e. The van der Waals surface area contributed by atoms with Gasteiger partial charge in [0.25, 0.3) is 0 Å². The molecule has 0 bridgehead atoms. The maximum atomic E-state index is 12.4. The fraction of sp³-hybridized carbons (Fsp3) is 0.524. The number of hydrogen-bond acceptors (Lipinski definition) is 5. The molecule has 1 aromatic heterocycles. The number of likely N-dealkylation sites (tertiary alicyclic amines) is 1. The molecule has 144 valence electrons. The average Bonchev–Trinajstić information content (AvgIpc) is 2.72. The zero-order valence-corrected chi connectivity index (χ0v) is 16.1. The quantitative estimate of drug-likeness (QED) is 0.828. The summed E-state index contributed by atoms with van der Waals surface area (Å²) in [6.45, 7) is 2.69. The van der Waals surface area contributed by atoms with E-state index >= 15 is 0 Å². The minimum Gasteiger partial charge on any atom is -0.493 e. The van der Waals surface area contributed by atoms with E-state index in [-0.39, 0.29) is 6.04 Å². The van der Waals surface area contributed by atoms with Crippen molar-refractivity contribution in [2.75, 3.05) is 38.8 Å². The van der Waals surface area contributed by atoms with Crippen molar-refractivity contribution in [3.8, 4) is 11.5 Å². The van der Waals surface area contributed by atoms with Gasteiger partial charge in [0.05, 0.1) is 14.2 Å². The van der Waals surface area contributed by atoms with Crippen LogP contribution in [0.25, 0.3) is 10.8 Å². The monoisotopic (exact) mass is 369 g/mol. The van der Waals surface area contributed by atoms with Gasteiger partial charge in [0.15, 0.2) is 11.5 Å². The molecule has 4 rings (SSSR count). The Morgan fingerprint density at radius 3 is 2.67 bits per heavy atom. The van der Waals surface area contributed by atoms with E-state index in [1.165, 1.54) is 0 Å². The second-order valence-electron chi connectivity index (χ2n) is 7.35. The zero-order chi connectivity index (χ0) is 18.8. The Morgan fingerprint density at radius 2 is 1.89 bits per heavy atom. The number of ether oxygens (including phenoxy) is 2. The van der Waals surface area contributed by atoms with Crippen molar-refractivity contribution < 1.29 is 14.3 Å². The number of hydrogen-bond donors (Lipinski definition) is 0. The maximum absolute atomic E-state index is 12.4. The van der Waals surface area contributed by atoms with Crippen molar-refractivity contribution in [1.82, 2.24) is 9.88 Å². The lowest BCUT2D eigenvalue weighted by Crippen LogP contribution is -2.52. The van der Waals surface area contributed by atoms with E-state index in [4.69, 9.17) is 9.47 Å². The molecular formula is C21H27N3O3. The molecule has 0 N–H and O–H groups in total. The van der Waals surface area contributed by atoms with Gasteiger partial charge in [-0.05, 0) is 49.3 Å². The normalized spacial score (nSPS) is 20.8. The summed E-state index contributed by atoms with van der Waals surface area (Å²) in [5, 5.41) is 2.13. The van der Waals surface area contributed by atoms with E-state index in [0.29, 0.717) is 18.1 Å². The standard InChI is InChI=1S/C21H27N3O3/c1-26-18-12-15-8-9-22-21(17(15)13-19(18)27-2)23-10-5-6-16(14-23)24-11-4-3-7-20(24)25/h8-9,12-13,16H,3-7,10-11,14H2,1-2H3/t16-/m1/s1. The van der Waals surface area contributed by atoms with E-state index in [0.717, 1.165) is 67.7 Å². The third kappa shape index (κ3) is 3.40. The number of anilines is 1. The van der Waals surface area contributed by atoms with Crippen LogP contribution in [0, 0.1) is 0 Å². The fourth-order valence-electron chi connectivity index (χ4n) is 4.35. The highest BCUT2D eigenvalue weighted by Crippen LogP contribution is 2.36. The number of aromatic nitrogens is 1. The van der Waals surface area contributed by atoms with E-state index in [1.54, 1.807) is 14.2 Å². The van der Waals surface area contributed by atoms with Gasteiger partial charge in [-0.15, -0.1) is 0 Å². The molecule has 0 unspecified atom stereocenters. The van der Waals surface area contributed by atoms with Gasteiger partial charge in [-0.3, -0.25) is 4.79 Å². The molecule has 0 aliphatic carbocycles. The summed E-state index contributed by atoms with van der Waals surface area (Å²) in [5.41, 5.74) is 0. The Kier molecular flexibility index (Phi) is 5.05. The molecule has 0 spiro atoms. The number of piperidine rings is 2. The number of pyridine rings is 1. The van der Waals surface area contributed by atoms with Gasteiger partial charge < -0.3 is 19.3 Å². The highest BCUT2D eigenvalue weighted by Gasteiger charge is 2.31. The molecule has 2 fully saturated rings. The first-order valence-corrected chi connectivity index (χ1v) is 9.76. The van der Waals surface area contributed by atoms with Gasteiger partial charge in [0.1, 0.15) is 5.82 Å². The number of carbonyl (C=O) groups is 1. The van der Waals surface area contributed by atoms with Crippen LogP contribution in [0.5, 0.6) is 11.5 Å². The Bertz CT molecular complexity index is 839. The third-order valence-electron chi connectivity index (χ3n) is 5.74. The highest BCUT2D eigenvalue weighted by atomic mass is 16.5. The molecule has 2 aliphatic rings. The van der Waals surface area contributed by atoms with Crippen molar-refractivity contribution in [2.24, 2.45) is 0 Å². The summed E-state index contributed by atoms with van der Waals surface area (Å²) in [6, 6.07) is 6.28. The lowest BCUT2D eigenvalue weighted by Gasteiger charge is -2.41. The van der Waals surface area contributed by atoms with Crippen molar-refractivity contribution in [3.05, 3.63) is 24.4 Å². The van der Waals surface area contributed by atoms with Crippen LogP contribution in [0.4, 0.5) is 5.82 Å². The zero-order valence-electron chi connectivity index (χ0n) is 16.1. The minimum absolute atomic E-state index is 0.281. The minimum atomic E-state index is 0.281. The first kappa shape index (κ1) is 17.9. The molecule has 0 saturated carbocycles. The summed E-state index contributed by atoms with van der Waals surface area (Å²) >= 11 is 0. The van der Waals surface area contributed by atoms with Crippen LogP contribution in [0.1, 0.15) is 32.1 Å². The van der Waals surface area contributed by atoms with E-state index < -0.39 is 0 Å². The second kappa shape index (κ2) is 7.62. The van der Waals surface area contributed by atoms with Gasteiger partial charge in [0, 0.05) is 43.7 Å². The number of carbonyl (C=O) groups excluding carboxylic acids is 1. The summed E-state index contributed by atoms with van der Waals surface area (Å²) in [6.07, 6.45) is 6.83. The number of amides is 1. The predicted octanol–water partition coefficient (Wildman–Crippen LogP) is 3.23. The Labute approximate surface area is 160 Å². The molecule has 27 heavy (non-hydrogen) atoms. The van der Waals surface area contributed by atoms with Gasteiger partial charge in [0.2, 0.25) is 5.91 Å². The topological polar surface area (TPSA) is 54.9 Å². The van der Waals surface area contributed by atoms with Gasteiger partial charge in [-0.25, -0.2) is 4.98 Å². The largest absolute Gasteiger partial charge is 0.493 e. The molecule has 6 nitrogen and oxygen atoms in total. The van der Waals surface area contributed by atoms with Crippen LogP contribution in [-0.4, -0.2) is 55.7 Å². The van der Waals surface area contributed by atoms with E-state index in [2.05, 4.69) is 14.8 Å². The average molecular weight is 369 g/mol. The van der Waals surface area contributed by atoms with Gasteiger partial charge in [-0.2, -0.15) is 0 Å². The molecule has 1 atom stereocenters. The highest BCUT2D eigenvalue weighted by molar-refractivity contribution is 5.94. The second-order valence-corrected chi connectivity index (χ2v) is 7.35. The van der Waals surface area contributed by atoms with E-state index in [9.17, 15) is 4.79 Å². The molecule has 2 aliphatic heterocycles. The first-order valence-electron chi connectivity index (χ1n) is 9.76. The number of nitrogens with zero attached hydrogens (tertiary/aromatic N) is 3. The van der Waals surface area contributed by atoms with Crippen LogP contribution < -0.4 is 14.4 Å². The molecule has 1 amide bonds. The van der Waals surface area contributed by atoms with Crippen LogP contribution in [0.15, 0.2) is 24.4 Å². The Balaban J connectivity index is 1.66. The Hall–Kier alpha value is -2.50. The predicted molar refractivity (Wildman–Crippen MR) is 106 cm³/mol. The number of methoxy groups -OCH3 is 2. The van der Waals surface area contributed by atoms with E-state index in [1.807, 2.05) is 24.4 Å². The molecule has 0 radical (unpaired) electrons. The maximum Gasteiger partial charge on any atom is 0.222 e. The molecule has 3 heterocycles. The third-order valence-corrected chi connectivity index (χ3v) is 5.74. The number of benzene rings is 1. The van der Waals surface area contributed by atoms with Crippen molar-refractivity contribution in [3.63, 3.8) is 0 Å². The van der Waals surface area contributed by atoms with Crippen LogP contribution >= 0.6 is 0 Å². The lowest BCUT2D eigenvalue weighted by molar-refractivity contribution is -0.135.